The lowest BCUT2D eigenvalue weighted by atomic mass is 10.0. The Labute approximate surface area is 82.8 Å². The lowest BCUT2D eigenvalue weighted by Crippen LogP contribution is -2.64. The molecule has 16 heavy (non-hydrogen) atoms. The van der Waals surface area contributed by atoms with E-state index in [1.807, 2.05) is 0 Å². The van der Waals surface area contributed by atoms with Gasteiger partial charge in [-0.25, -0.2) is 4.39 Å². The van der Waals surface area contributed by atoms with Crippen molar-refractivity contribution in [2.24, 2.45) is 0 Å². The maximum absolute atomic E-state index is 12.3. The zero-order valence-electron chi connectivity index (χ0n) is 7.43. The van der Waals surface area contributed by atoms with Gasteiger partial charge in [0.15, 0.2) is 6.17 Å². The van der Waals surface area contributed by atoms with Crippen LogP contribution in [0.4, 0.5) is 39.5 Å². The van der Waals surface area contributed by atoms with Gasteiger partial charge in [0.2, 0.25) is 0 Å². The van der Waals surface area contributed by atoms with E-state index in [0.717, 1.165) is 0 Å². The summed E-state index contributed by atoms with van der Waals surface area (Å²) < 4.78 is 109. The zero-order valence-corrected chi connectivity index (χ0v) is 7.43. The summed E-state index contributed by atoms with van der Waals surface area (Å²) in [5.74, 6) is -19.6. The number of hydrogen-bond acceptors (Lipinski definition) is 1. The van der Waals surface area contributed by atoms with E-state index in [1.165, 1.54) is 0 Å². The topological polar surface area (TPSA) is 20.2 Å². The highest BCUT2D eigenvalue weighted by Crippen LogP contribution is 2.53. The molecule has 0 fully saturated rings. The number of alkyl halides is 9. The minimum atomic E-state index is -6.80. The third-order valence-corrected chi connectivity index (χ3v) is 1.69. The Balaban J connectivity index is 5.53. The molecule has 0 bridgehead atoms. The van der Waals surface area contributed by atoms with Gasteiger partial charge in [-0.2, -0.15) is 35.1 Å². The monoisotopic (exact) mass is 264 g/mol. The SMILES string of the molecule is CC(F)C(F)(F)C(F)(F)C(F)(F)C(O)(F)F. The normalized spacial score (nSPS) is 17.4. The number of hydrogen-bond donors (Lipinski definition) is 1. The summed E-state index contributed by atoms with van der Waals surface area (Å²) in [6, 6.07) is 0. The molecule has 0 saturated carbocycles. The lowest BCUT2D eigenvalue weighted by molar-refractivity contribution is -0.421. The molecule has 0 rings (SSSR count). The standard InChI is InChI=1S/C6H5F9O/c1-2(7)3(8,9)4(10,11)5(12,13)6(14,15)16/h2,16H,1H3. The minimum Gasteiger partial charge on any atom is -0.331 e. The molecule has 0 spiro atoms. The van der Waals surface area contributed by atoms with Crippen LogP contribution in [0.1, 0.15) is 6.92 Å². The van der Waals surface area contributed by atoms with Crippen molar-refractivity contribution >= 4 is 0 Å². The largest absolute Gasteiger partial charge is 0.423 e. The van der Waals surface area contributed by atoms with E-state index >= 15 is 0 Å². The number of aliphatic hydroxyl groups is 1. The Morgan fingerprint density at radius 3 is 1.31 bits per heavy atom. The molecule has 0 aromatic carbocycles. The molecule has 0 aliphatic heterocycles. The van der Waals surface area contributed by atoms with Crippen molar-refractivity contribution in [1.29, 1.82) is 0 Å². The van der Waals surface area contributed by atoms with Crippen LogP contribution < -0.4 is 0 Å². The highest BCUT2D eigenvalue weighted by molar-refractivity contribution is 5.02. The van der Waals surface area contributed by atoms with E-state index in [4.69, 9.17) is 5.11 Å². The molecule has 1 N–H and O–H groups in total. The predicted octanol–water partition coefficient (Wildman–Crippen LogP) is 2.84. The van der Waals surface area contributed by atoms with Crippen LogP contribution in [-0.2, 0) is 0 Å². The molecule has 98 valence electrons. The Kier molecular flexibility index (Phi) is 3.52. The molecule has 1 atom stereocenters. The van der Waals surface area contributed by atoms with Crippen molar-refractivity contribution in [2.75, 3.05) is 0 Å². The Bertz CT molecular complexity index is 253. The summed E-state index contributed by atoms with van der Waals surface area (Å²) in [4.78, 5) is 0. The Morgan fingerprint density at radius 1 is 0.812 bits per heavy atom. The van der Waals surface area contributed by atoms with Gasteiger partial charge >= 0.3 is 23.9 Å². The molecule has 0 aromatic heterocycles. The second-order valence-electron chi connectivity index (χ2n) is 2.93. The van der Waals surface area contributed by atoms with Gasteiger partial charge < -0.3 is 5.11 Å². The smallest absolute Gasteiger partial charge is 0.331 e. The molecule has 10 heteroatoms. The van der Waals surface area contributed by atoms with Gasteiger partial charge in [-0.15, -0.1) is 0 Å². The molecular formula is C6H5F9O. The van der Waals surface area contributed by atoms with Crippen molar-refractivity contribution < 1.29 is 44.6 Å². The van der Waals surface area contributed by atoms with Gasteiger partial charge in [-0.05, 0) is 6.92 Å². The molecule has 0 aliphatic rings. The first-order chi connectivity index (χ1) is 6.69. The van der Waals surface area contributed by atoms with Crippen LogP contribution in [0.5, 0.6) is 0 Å². The van der Waals surface area contributed by atoms with E-state index in [2.05, 4.69) is 0 Å². The number of rotatable bonds is 4. The van der Waals surface area contributed by atoms with Crippen LogP contribution in [0, 0.1) is 0 Å². The minimum absolute atomic E-state index is 0.209. The summed E-state index contributed by atoms with van der Waals surface area (Å²) in [6.07, 6.45) is -10.2. The molecule has 0 aromatic rings. The van der Waals surface area contributed by atoms with Crippen LogP contribution in [0.15, 0.2) is 0 Å². The van der Waals surface area contributed by atoms with Gasteiger partial charge in [0.1, 0.15) is 0 Å². The first kappa shape index (κ1) is 15.3. The summed E-state index contributed by atoms with van der Waals surface area (Å²) in [5, 5.41) is 7.41. The van der Waals surface area contributed by atoms with Gasteiger partial charge in [0.25, 0.3) is 0 Å². The first-order valence-corrected chi connectivity index (χ1v) is 3.57. The summed E-state index contributed by atoms with van der Waals surface area (Å²) >= 11 is 0. The molecule has 1 unspecified atom stereocenters. The molecule has 1 nitrogen and oxygen atoms in total. The van der Waals surface area contributed by atoms with E-state index in [9.17, 15) is 39.5 Å². The summed E-state index contributed by atoms with van der Waals surface area (Å²) in [7, 11) is 0. The van der Waals surface area contributed by atoms with Crippen LogP contribution >= 0.6 is 0 Å². The van der Waals surface area contributed by atoms with Gasteiger partial charge in [0, 0.05) is 0 Å². The van der Waals surface area contributed by atoms with E-state index in [0.29, 0.717) is 0 Å². The van der Waals surface area contributed by atoms with Crippen molar-refractivity contribution in [3.05, 3.63) is 0 Å². The summed E-state index contributed by atoms with van der Waals surface area (Å²) in [6.45, 7) is -0.209. The maximum Gasteiger partial charge on any atom is 0.423 e. The highest BCUT2D eigenvalue weighted by atomic mass is 19.4. The van der Waals surface area contributed by atoms with Gasteiger partial charge in [-0.1, -0.05) is 0 Å². The molecular weight excluding hydrogens is 259 g/mol. The fourth-order valence-corrected chi connectivity index (χ4v) is 0.648. The quantitative estimate of drug-likeness (QED) is 0.774. The first-order valence-electron chi connectivity index (χ1n) is 3.57. The molecule has 0 saturated heterocycles. The van der Waals surface area contributed by atoms with Crippen molar-refractivity contribution in [3.8, 4) is 0 Å². The molecule has 0 heterocycles. The van der Waals surface area contributed by atoms with Crippen LogP contribution in [0.25, 0.3) is 0 Å². The second kappa shape index (κ2) is 3.67. The molecule has 0 amide bonds. The van der Waals surface area contributed by atoms with Crippen LogP contribution in [0.2, 0.25) is 0 Å². The average molecular weight is 264 g/mol. The van der Waals surface area contributed by atoms with Crippen LogP contribution in [-0.4, -0.2) is 35.2 Å². The van der Waals surface area contributed by atoms with Crippen molar-refractivity contribution in [3.63, 3.8) is 0 Å². The second-order valence-corrected chi connectivity index (χ2v) is 2.93. The Morgan fingerprint density at radius 2 is 1.12 bits per heavy atom. The average Bonchev–Trinajstić information content (AvgIpc) is 2.00. The highest BCUT2D eigenvalue weighted by Gasteiger charge is 2.82. The molecule has 0 radical (unpaired) electrons. The van der Waals surface area contributed by atoms with Gasteiger partial charge in [0.05, 0.1) is 0 Å². The Hall–Kier alpha value is -0.670. The fourth-order valence-electron chi connectivity index (χ4n) is 0.648. The van der Waals surface area contributed by atoms with E-state index in [1.54, 1.807) is 0 Å². The predicted molar refractivity (Wildman–Crippen MR) is 32.6 cm³/mol. The fraction of sp³-hybridized carbons (Fsp3) is 1.00. The van der Waals surface area contributed by atoms with E-state index in [-0.39, 0.29) is 6.92 Å². The third-order valence-electron chi connectivity index (χ3n) is 1.69. The molecule has 0 aliphatic carbocycles. The third kappa shape index (κ3) is 1.94. The van der Waals surface area contributed by atoms with Crippen molar-refractivity contribution in [1.82, 2.24) is 0 Å². The lowest BCUT2D eigenvalue weighted by Gasteiger charge is -2.34. The number of halogens is 9. The maximum atomic E-state index is 12.3. The summed E-state index contributed by atoms with van der Waals surface area (Å²) in [5.41, 5.74) is 0. The van der Waals surface area contributed by atoms with E-state index < -0.39 is 30.0 Å². The van der Waals surface area contributed by atoms with Crippen LogP contribution in [0.3, 0.4) is 0 Å². The van der Waals surface area contributed by atoms with Crippen molar-refractivity contribution in [2.45, 2.75) is 37.0 Å². The van der Waals surface area contributed by atoms with Gasteiger partial charge in [-0.3, -0.25) is 0 Å². The zero-order chi connectivity index (χ0) is 13.6.